The monoisotopic (exact) mass is 602 g/mol. The van der Waals surface area contributed by atoms with Crippen LogP contribution in [-0.4, -0.2) is 71.6 Å². The molecule has 0 saturated carbocycles. The first kappa shape index (κ1) is 26.1. The summed E-state index contributed by atoms with van der Waals surface area (Å²) in [4.78, 5) is 46.0. The lowest BCUT2D eigenvalue weighted by Gasteiger charge is -2.28. The largest absolute Gasteiger partial charge is 0.414 e. The summed E-state index contributed by atoms with van der Waals surface area (Å²) in [7, 11) is -4.02. The highest BCUT2D eigenvalue weighted by Crippen LogP contribution is 2.36. The van der Waals surface area contributed by atoms with E-state index < -0.39 is 40.1 Å². The third-order valence-corrected chi connectivity index (χ3v) is 11.4. The zero-order chi connectivity index (χ0) is 27.1. The van der Waals surface area contributed by atoms with Gasteiger partial charge in [-0.25, -0.2) is 18.2 Å². The molecule has 10 nitrogen and oxygen atoms in total. The Morgan fingerprint density at radius 3 is 2.74 bits per heavy atom. The predicted octanol–water partition coefficient (Wildman–Crippen LogP) is 3.36. The van der Waals surface area contributed by atoms with Crippen LogP contribution in [0.15, 0.2) is 64.4 Å². The Morgan fingerprint density at radius 1 is 1.13 bits per heavy atom. The summed E-state index contributed by atoms with van der Waals surface area (Å²) in [5, 5.41) is 6.79. The molecule has 0 spiro atoms. The van der Waals surface area contributed by atoms with Crippen molar-refractivity contribution in [1.82, 2.24) is 19.5 Å². The van der Waals surface area contributed by atoms with E-state index in [0.717, 1.165) is 18.6 Å². The Balaban J connectivity index is 1.21. The van der Waals surface area contributed by atoms with Gasteiger partial charge >= 0.3 is 6.09 Å². The first-order valence-electron chi connectivity index (χ1n) is 12.0. The first-order chi connectivity index (χ1) is 18.8. The maximum atomic E-state index is 13.8. The minimum atomic E-state index is -4.02. The molecule has 4 aromatic heterocycles. The molecule has 0 aromatic carbocycles. The van der Waals surface area contributed by atoms with E-state index >= 15 is 0 Å². The number of rotatable bonds is 7. The highest BCUT2D eigenvalue weighted by molar-refractivity contribution is 7.89. The highest BCUT2D eigenvalue weighted by Gasteiger charge is 2.54. The molecule has 2 amide bonds. The number of ketones is 1. The number of nitrogens with zero attached hydrogens (tertiary/aromatic N) is 3. The zero-order valence-corrected chi connectivity index (χ0v) is 23.5. The lowest BCUT2D eigenvalue weighted by Crippen LogP contribution is -2.53. The number of hydrogen-bond donors (Lipinski definition) is 1. The first-order valence-corrected chi connectivity index (χ1v) is 16.1. The van der Waals surface area contributed by atoms with Crippen molar-refractivity contribution in [2.45, 2.75) is 36.0 Å². The van der Waals surface area contributed by atoms with E-state index in [1.54, 1.807) is 18.2 Å². The third kappa shape index (κ3) is 4.98. The number of carbonyl (C=O) groups excluding carboxylic acids is 3. The van der Waals surface area contributed by atoms with Crippen LogP contribution in [0, 0.1) is 0 Å². The van der Waals surface area contributed by atoms with Crippen molar-refractivity contribution in [2.24, 2.45) is 0 Å². The number of aromatic nitrogens is 1. The van der Waals surface area contributed by atoms with Gasteiger partial charge in [-0.1, -0.05) is 23.5 Å². The number of amides is 2. The Bertz CT molecular complexity index is 1600. The summed E-state index contributed by atoms with van der Waals surface area (Å²) in [5.41, 5.74) is 0. The number of carbonyl (C=O) groups is 3. The van der Waals surface area contributed by atoms with E-state index in [1.165, 1.54) is 51.2 Å². The topological polar surface area (TPSA) is 126 Å². The van der Waals surface area contributed by atoms with Gasteiger partial charge in [0.15, 0.2) is 15.9 Å². The van der Waals surface area contributed by atoms with Crippen LogP contribution in [-0.2, 0) is 26.0 Å². The Morgan fingerprint density at radius 2 is 2.00 bits per heavy atom. The summed E-state index contributed by atoms with van der Waals surface area (Å²) in [6.45, 7) is -0.147. The van der Waals surface area contributed by atoms with Crippen molar-refractivity contribution in [3.8, 4) is 5.06 Å². The van der Waals surface area contributed by atoms with Gasteiger partial charge in [0.25, 0.3) is 10.0 Å². The second kappa shape index (κ2) is 10.4. The van der Waals surface area contributed by atoms with Gasteiger partial charge in [-0.15, -0.1) is 22.7 Å². The average Bonchev–Trinajstić information content (AvgIpc) is 3.73. The molecule has 3 atom stereocenters. The van der Waals surface area contributed by atoms with Crippen LogP contribution in [0.4, 0.5) is 4.79 Å². The van der Waals surface area contributed by atoms with Crippen molar-refractivity contribution >= 4 is 71.2 Å². The van der Waals surface area contributed by atoms with E-state index in [9.17, 15) is 22.8 Å². The van der Waals surface area contributed by atoms with E-state index in [1.807, 2.05) is 29.0 Å². The molecule has 2 saturated heterocycles. The van der Waals surface area contributed by atoms with Crippen molar-refractivity contribution in [2.75, 3.05) is 13.1 Å². The normalized spacial score (nSPS) is 20.3. The molecule has 0 radical (unpaired) electrons. The molecule has 2 fully saturated rings. The Labute approximate surface area is 235 Å². The molecule has 2 aliphatic heterocycles. The van der Waals surface area contributed by atoms with Crippen LogP contribution in [0.25, 0.3) is 9.40 Å². The summed E-state index contributed by atoms with van der Waals surface area (Å²) in [6.07, 6.45) is 1.12. The number of sulfonamides is 1. The second-order valence-corrected chi connectivity index (χ2v) is 14.0. The van der Waals surface area contributed by atoms with Crippen LogP contribution in [0.1, 0.15) is 11.3 Å². The van der Waals surface area contributed by atoms with E-state index in [-0.39, 0.29) is 30.3 Å². The fraction of sp³-hybridized carbons (Fsp3) is 0.280. The molecule has 14 heteroatoms. The highest BCUT2D eigenvalue weighted by atomic mass is 32.2. The number of hydrogen-bond acceptors (Lipinski definition) is 10. The van der Waals surface area contributed by atoms with E-state index in [0.29, 0.717) is 11.5 Å². The summed E-state index contributed by atoms with van der Waals surface area (Å²) >= 11 is 4.32. The van der Waals surface area contributed by atoms with Gasteiger partial charge in [0.2, 0.25) is 5.91 Å². The number of Topliss-reactive ketones (excluding diaryl/α,β-unsaturated/α-hetero) is 1. The predicted molar refractivity (Wildman–Crippen MR) is 148 cm³/mol. The SMILES string of the molecule is O=C(NC(Cc1cccs1)C(=O)N1CCC2C1C(=O)CN2S(=O)(=O)c1ccccn1)Oc1cc2sccc2s1. The van der Waals surface area contributed by atoms with Gasteiger partial charge in [0.05, 0.1) is 12.6 Å². The van der Waals surface area contributed by atoms with Crippen LogP contribution >= 0.6 is 34.0 Å². The number of ether oxygens (including phenoxy) is 1. The number of thiophene rings is 3. The van der Waals surface area contributed by atoms with Gasteiger partial charge in [-0.05, 0) is 41.4 Å². The van der Waals surface area contributed by atoms with Gasteiger partial charge < -0.3 is 15.0 Å². The van der Waals surface area contributed by atoms with Crippen LogP contribution < -0.4 is 10.1 Å². The van der Waals surface area contributed by atoms with Crippen molar-refractivity contribution in [3.63, 3.8) is 0 Å². The van der Waals surface area contributed by atoms with Gasteiger partial charge in [0, 0.05) is 39.5 Å². The molecule has 0 bridgehead atoms. The lowest BCUT2D eigenvalue weighted by atomic mass is 10.1. The molecule has 6 heterocycles. The molecule has 39 heavy (non-hydrogen) atoms. The average molecular weight is 603 g/mol. The molecular weight excluding hydrogens is 581 g/mol. The molecular formula is C25H22N4O6S4. The van der Waals surface area contributed by atoms with Gasteiger partial charge in [-0.2, -0.15) is 4.31 Å². The zero-order valence-electron chi connectivity index (χ0n) is 20.3. The maximum Gasteiger partial charge on any atom is 0.414 e. The van der Waals surface area contributed by atoms with Gasteiger partial charge in [0.1, 0.15) is 12.1 Å². The number of pyridine rings is 1. The third-order valence-electron chi connectivity index (χ3n) is 6.76. The quantitative estimate of drug-likeness (QED) is 0.344. The summed E-state index contributed by atoms with van der Waals surface area (Å²) in [5.74, 6) is -0.813. The fourth-order valence-corrected chi connectivity index (χ4v) is 9.31. The molecule has 2 aliphatic rings. The molecule has 0 aliphatic carbocycles. The molecule has 202 valence electrons. The minimum Gasteiger partial charge on any atom is -0.399 e. The van der Waals surface area contributed by atoms with Gasteiger partial charge in [-0.3, -0.25) is 9.59 Å². The lowest BCUT2D eigenvalue weighted by molar-refractivity contribution is -0.138. The van der Waals surface area contributed by atoms with E-state index in [4.69, 9.17) is 4.74 Å². The smallest absolute Gasteiger partial charge is 0.399 e. The number of fused-ring (bicyclic) bond motifs is 2. The number of nitrogens with one attached hydrogen (secondary N) is 1. The molecule has 1 N–H and O–H groups in total. The minimum absolute atomic E-state index is 0.142. The summed E-state index contributed by atoms with van der Waals surface area (Å²) < 4.78 is 35.1. The number of likely N-dealkylation sites (tertiary alicyclic amines) is 1. The summed E-state index contributed by atoms with van der Waals surface area (Å²) in [6, 6.07) is 9.38. The van der Waals surface area contributed by atoms with Crippen molar-refractivity contribution in [1.29, 1.82) is 0 Å². The van der Waals surface area contributed by atoms with Crippen LogP contribution in [0.5, 0.6) is 5.06 Å². The standard InChI is InChI=1S/C25H22N4O6S4/c30-18-14-29(39(33,34)21-5-1-2-8-26-21)17-6-9-28(23(17)18)24(31)16(12-15-4-3-10-36-15)27-25(32)35-22-13-20-19(38-22)7-11-37-20/h1-5,7-8,10-11,13,16-17,23H,6,9,12,14H2,(H,27,32). The molecule has 6 rings (SSSR count). The van der Waals surface area contributed by atoms with Crippen molar-refractivity contribution < 1.29 is 27.5 Å². The molecule has 3 unspecified atom stereocenters. The maximum absolute atomic E-state index is 13.8. The Kier molecular flexibility index (Phi) is 6.97. The van der Waals surface area contributed by atoms with Crippen molar-refractivity contribution in [3.05, 3.63) is 64.3 Å². The van der Waals surface area contributed by atoms with Crippen LogP contribution in [0.3, 0.4) is 0 Å². The molecule has 4 aromatic rings. The fourth-order valence-electron chi connectivity index (χ4n) is 5.05. The van der Waals surface area contributed by atoms with Crippen LogP contribution in [0.2, 0.25) is 0 Å². The Hall–Kier alpha value is -3.17. The second-order valence-electron chi connectivity index (χ2n) is 9.10. The van der Waals surface area contributed by atoms with E-state index in [2.05, 4.69) is 10.3 Å².